The van der Waals surface area contributed by atoms with Gasteiger partial charge in [-0.1, -0.05) is 48.5 Å². The van der Waals surface area contributed by atoms with Gasteiger partial charge in [0.05, 0.1) is 18.4 Å². The van der Waals surface area contributed by atoms with Crippen LogP contribution in [-0.4, -0.2) is 46.5 Å². The summed E-state index contributed by atoms with van der Waals surface area (Å²) in [6.07, 6.45) is 0.824. The van der Waals surface area contributed by atoms with Gasteiger partial charge in [0, 0.05) is 30.2 Å². The van der Waals surface area contributed by atoms with Crippen LogP contribution in [0.25, 0.3) is 0 Å². The first-order valence-electron chi connectivity index (χ1n) is 12.9. The highest BCUT2D eigenvalue weighted by Crippen LogP contribution is 2.20. The zero-order valence-electron chi connectivity index (χ0n) is 23.0. The van der Waals surface area contributed by atoms with E-state index in [0.717, 1.165) is 27.9 Å². The second-order valence-corrected chi connectivity index (χ2v) is 9.11. The molecule has 1 aromatic heterocycles. The molecule has 1 heterocycles. The van der Waals surface area contributed by atoms with Crippen molar-refractivity contribution in [2.24, 2.45) is 10.9 Å². The standard InChI is InChI=1S/C29H28N4O3.C2HF3O2/c1-2-36-29(35)27-20-33(18-23-8-6-7-22(15-23)17-31-30)19-25(27)16-21-11-13-24(14-12-21)28(34)32-26-9-4-3-5-10-26;3-2(4,5)1(6)7/h3-15,17,19-20H,2,16,18,30H2,1H3,(H,32,34);(H,6,7). The van der Waals surface area contributed by atoms with E-state index in [4.69, 9.17) is 20.5 Å². The molecule has 1 amide bonds. The number of amides is 1. The molecule has 0 radical (unpaired) electrons. The fourth-order valence-electron chi connectivity index (χ4n) is 3.97. The molecule has 0 unspecified atom stereocenters. The lowest BCUT2D eigenvalue weighted by Crippen LogP contribution is -2.21. The molecule has 0 aliphatic carbocycles. The van der Waals surface area contributed by atoms with Gasteiger partial charge < -0.3 is 25.6 Å². The number of carbonyl (C=O) groups excluding carboxylic acids is 2. The highest BCUT2D eigenvalue weighted by molar-refractivity contribution is 6.04. The number of aromatic nitrogens is 1. The lowest BCUT2D eigenvalue weighted by atomic mass is 10.0. The van der Waals surface area contributed by atoms with Crippen LogP contribution in [0.4, 0.5) is 18.9 Å². The molecule has 0 bridgehead atoms. The van der Waals surface area contributed by atoms with E-state index in [1.807, 2.05) is 83.7 Å². The van der Waals surface area contributed by atoms with E-state index >= 15 is 0 Å². The summed E-state index contributed by atoms with van der Waals surface area (Å²) >= 11 is 0. The third kappa shape index (κ3) is 9.88. The van der Waals surface area contributed by atoms with Crippen LogP contribution in [-0.2, 0) is 22.5 Å². The minimum atomic E-state index is -5.08. The Labute approximate surface area is 245 Å². The van der Waals surface area contributed by atoms with Gasteiger partial charge in [0.2, 0.25) is 0 Å². The lowest BCUT2D eigenvalue weighted by Gasteiger charge is -2.07. The number of halogens is 3. The number of para-hydroxylation sites is 1. The van der Waals surface area contributed by atoms with Gasteiger partial charge >= 0.3 is 18.1 Å². The third-order valence-corrected chi connectivity index (χ3v) is 5.88. The largest absolute Gasteiger partial charge is 0.490 e. The number of nitrogens with one attached hydrogen (secondary N) is 1. The predicted octanol–water partition coefficient (Wildman–Crippen LogP) is 5.48. The number of anilines is 1. The van der Waals surface area contributed by atoms with Crippen LogP contribution < -0.4 is 11.2 Å². The molecule has 4 rings (SSSR count). The second kappa shape index (κ2) is 15.0. The molecule has 4 aromatic rings. The molecule has 0 aliphatic rings. The van der Waals surface area contributed by atoms with Gasteiger partial charge in [0.1, 0.15) is 0 Å². The quantitative estimate of drug-likeness (QED) is 0.102. The molecule has 43 heavy (non-hydrogen) atoms. The van der Waals surface area contributed by atoms with E-state index in [0.29, 0.717) is 30.7 Å². The molecule has 224 valence electrons. The van der Waals surface area contributed by atoms with Gasteiger partial charge in [0.15, 0.2) is 0 Å². The first-order valence-corrected chi connectivity index (χ1v) is 12.9. The van der Waals surface area contributed by atoms with Gasteiger partial charge in [0.25, 0.3) is 5.91 Å². The zero-order valence-corrected chi connectivity index (χ0v) is 23.0. The number of aliphatic carboxylic acids is 1. The van der Waals surface area contributed by atoms with Crippen LogP contribution in [0.15, 0.2) is 96.4 Å². The summed E-state index contributed by atoms with van der Waals surface area (Å²) in [5.74, 6) is 1.99. The number of benzene rings is 3. The molecular formula is C31H29F3N4O5. The summed E-state index contributed by atoms with van der Waals surface area (Å²) in [5.41, 5.74) is 5.63. The number of hydrogen-bond acceptors (Lipinski definition) is 6. The Bertz CT molecular complexity index is 1570. The van der Waals surface area contributed by atoms with Gasteiger partial charge in [-0.2, -0.15) is 18.3 Å². The summed E-state index contributed by atoms with van der Waals surface area (Å²) in [4.78, 5) is 34.1. The number of hydrogen-bond donors (Lipinski definition) is 3. The highest BCUT2D eigenvalue weighted by Gasteiger charge is 2.38. The van der Waals surface area contributed by atoms with E-state index in [1.165, 1.54) is 0 Å². The zero-order chi connectivity index (χ0) is 31.4. The fraction of sp³-hybridized carbons (Fsp3) is 0.161. The number of rotatable bonds is 9. The lowest BCUT2D eigenvalue weighted by molar-refractivity contribution is -0.192. The molecule has 9 nitrogen and oxygen atoms in total. The topological polar surface area (TPSA) is 136 Å². The summed E-state index contributed by atoms with van der Waals surface area (Å²) in [6.45, 7) is 2.67. The van der Waals surface area contributed by atoms with Crippen LogP contribution >= 0.6 is 0 Å². The van der Waals surface area contributed by atoms with Crippen molar-refractivity contribution >= 4 is 29.7 Å². The minimum Gasteiger partial charge on any atom is -0.475 e. The molecule has 0 saturated heterocycles. The summed E-state index contributed by atoms with van der Waals surface area (Å²) in [7, 11) is 0. The van der Waals surface area contributed by atoms with Crippen LogP contribution in [0, 0.1) is 0 Å². The van der Waals surface area contributed by atoms with E-state index < -0.39 is 12.1 Å². The minimum absolute atomic E-state index is 0.173. The number of carbonyl (C=O) groups is 3. The predicted molar refractivity (Wildman–Crippen MR) is 155 cm³/mol. The van der Waals surface area contributed by atoms with Gasteiger partial charge in [-0.15, -0.1) is 0 Å². The Morgan fingerprint density at radius 3 is 2.26 bits per heavy atom. The fourth-order valence-corrected chi connectivity index (χ4v) is 3.97. The maximum Gasteiger partial charge on any atom is 0.490 e. The number of nitrogens with zero attached hydrogens (tertiary/aromatic N) is 2. The summed E-state index contributed by atoms with van der Waals surface area (Å²) < 4.78 is 39.0. The molecule has 12 heteroatoms. The number of carboxylic acids is 1. The van der Waals surface area contributed by atoms with Crippen molar-refractivity contribution in [3.63, 3.8) is 0 Å². The monoisotopic (exact) mass is 594 g/mol. The van der Waals surface area contributed by atoms with Crippen LogP contribution in [0.2, 0.25) is 0 Å². The molecule has 4 N–H and O–H groups in total. The first-order chi connectivity index (χ1) is 20.5. The van der Waals surface area contributed by atoms with Crippen molar-refractivity contribution < 1.29 is 37.4 Å². The molecule has 0 fully saturated rings. The highest BCUT2D eigenvalue weighted by atomic mass is 19.4. The number of carboxylic acid groups (broad SMARTS) is 1. The molecule has 0 atom stereocenters. The number of ether oxygens (including phenoxy) is 1. The van der Waals surface area contributed by atoms with Crippen molar-refractivity contribution in [2.75, 3.05) is 11.9 Å². The average Bonchev–Trinajstić information content (AvgIpc) is 3.36. The second-order valence-electron chi connectivity index (χ2n) is 9.11. The maximum atomic E-state index is 12.7. The Morgan fingerprint density at radius 2 is 1.65 bits per heavy atom. The summed E-state index contributed by atoms with van der Waals surface area (Å²) in [5, 5.41) is 13.6. The van der Waals surface area contributed by atoms with Crippen molar-refractivity contribution in [1.29, 1.82) is 0 Å². The van der Waals surface area contributed by atoms with E-state index in [-0.39, 0.29) is 11.9 Å². The number of hydrazone groups is 1. The number of nitrogens with two attached hydrogens (primary N) is 1. The van der Waals surface area contributed by atoms with Crippen molar-refractivity contribution in [3.05, 3.63) is 125 Å². The SMILES string of the molecule is CCOC(=O)c1cn(Cc2cccc(C=NN)c2)cc1Cc1ccc(C(=O)Nc2ccccc2)cc1.O=C(O)C(F)(F)F. The van der Waals surface area contributed by atoms with Gasteiger partial charge in [-0.25, -0.2) is 9.59 Å². The van der Waals surface area contributed by atoms with Crippen molar-refractivity contribution in [1.82, 2.24) is 4.57 Å². The normalized spacial score (nSPS) is 11.0. The first kappa shape index (κ1) is 32.1. The van der Waals surface area contributed by atoms with E-state index in [9.17, 15) is 22.8 Å². The van der Waals surface area contributed by atoms with Crippen LogP contribution in [0.3, 0.4) is 0 Å². The number of alkyl halides is 3. The van der Waals surface area contributed by atoms with Crippen LogP contribution in [0.5, 0.6) is 0 Å². The smallest absolute Gasteiger partial charge is 0.475 e. The molecular weight excluding hydrogens is 565 g/mol. The Morgan fingerprint density at radius 1 is 0.977 bits per heavy atom. The third-order valence-electron chi connectivity index (χ3n) is 5.88. The van der Waals surface area contributed by atoms with Crippen molar-refractivity contribution in [3.8, 4) is 0 Å². The Kier molecular flexibility index (Phi) is 11.2. The van der Waals surface area contributed by atoms with Gasteiger partial charge in [-0.3, -0.25) is 4.79 Å². The van der Waals surface area contributed by atoms with E-state index in [2.05, 4.69) is 10.4 Å². The maximum absolute atomic E-state index is 12.7. The van der Waals surface area contributed by atoms with Gasteiger partial charge in [-0.05, 0) is 65.9 Å². The van der Waals surface area contributed by atoms with E-state index in [1.54, 1.807) is 25.3 Å². The molecule has 0 spiro atoms. The summed E-state index contributed by atoms with van der Waals surface area (Å²) in [6, 6.07) is 24.6. The molecule has 0 aliphatic heterocycles. The Hall–Kier alpha value is -5.39. The average molecular weight is 595 g/mol. The number of esters is 1. The molecule has 3 aromatic carbocycles. The van der Waals surface area contributed by atoms with Crippen molar-refractivity contribution in [2.45, 2.75) is 26.1 Å². The Balaban J connectivity index is 0.000000646. The van der Waals surface area contributed by atoms with Crippen LogP contribution in [0.1, 0.15) is 49.9 Å². The molecule has 0 saturated carbocycles.